The molecule has 2 heteroatoms. The lowest BCUT2D eigenvalue weighted by molar-refractivity contribution is 0.799. The number of hydrogen-bond acceptors (Lipinski definition) is 1. The van der Waals surface area contributed by atoms with Gasteiger partial charge in [0.1, 0.15) is 0 Å². The Morgan fingerprint density at radius 2 is 1.65 bits per heavy atom. The Kier molecular flexibility index (Phi) is 3.58. The van der Waals surface area contributed by atoms with Gasteiger partial charge in [-0.25, -0.2) is 4.52 Å². The molecule has 0 amide bonds. The molecule has 0 N–H and O–H groups in total. The van der Waals surface area contributed by atoms with Crippen LogP contribution < -0.4 is 0 Å². The van der Waals surface area contributed by atoms with Gasteiger partial charge in [-0.1, -0.05) is 61.9 Å². The van der Waals surface area contributed by atoms with E-state index in [0.29, 0.717) is 0 Å². The van der Waals surface area contributed by atoms with E-state index in [2.05, 4.69) is 77.2 Å². The molecule has 0 atom stereocenters. The van der Waals surface area contributed by atoms with Crippen LogP contribution in [0.25, 0.3) is 27.5 Å². The second-order valence-corrected chi connectivity index (χ2v) is 5.97. The number of rotatable bonds is 4. The van der Waals surface area contributed by atoms with E-state index in [1.807, 2.05) is 6.20 Å². The molecule has 0 bridgehead atoms. The van der Waals surface area contributed by atoms with E-state index in [1.165, 1.54) is 46.0 Å². The number of unbranched alkanes of at least 4 members (excludes halogenated alkanes) is 1. The van der Waals surface area contributed by atoms with Crippen LogP contribution in [-0.4, -0.2) is 9.61 Å². The first-order chi connectivity index (χ1) is 11.4. The molecule has 114 valence electrons. The minimum Gasteiger partial charge on any atom is -0.232 e. The molecule has 0 aliphatic rings. The SMILES string of the molecule is CCCCc1c(-c2ccccc2)c2ccnn2c2ccccc12. The van der Waals surface area contributed by atoms with Crippen molar-refractivity contribution in [1.29, 1.82) is 0 Å². The summed E-state index contributed by atoms with van der Waals surface area (Å²) in [6.07, 6.45) is 5.40. The van der Waals surface area contributed by atoms with E-state index in [0.717, 1.165) is 6.42 Å². The van der Waals surface area contributed by atoms with Gasteiger partial charge in [-0.15, -0.1) is 0 Å². The molecule has 4 aromatic rings. The van der Waals surface area contributed by atoms with Gasteiger partial charge in [0.15, 0.2) is 0 Å². The Morgan fingerprint density at radius 1 is 0.870 bits per heavy atom. The molecule has 0 unspecified atom stereocenters. The van der Waals surface area contributed by atoms with Crippen molar-refractivity contribution in [2.75, 3.05) is 0 Å². The molecule has 0 spiro atoms. The number of aromatic nitrogens is 2. The number of para-hydroxylation sites is 1. The number of aryl methyl sites for hydroxylation is 1. The number of nitrogens with zero attached hydrogens (tertiary/aromatic N) is 2. The maximum atomic E-state index is 4.57. The quantitative estimate of drug-likeness (QED) is 0.486. The highest BCUT2D eigenvalue weighted by molar-refractivity contribution is 5.97. The van der Waals surface area contributed by atoms with Crippen LogP contribution in [0.4, 0.5) is 0 Å². The molecule has 4 rings (SSSR count). The van der Waals surface area contributed by atoms with Crippen LogP contribution in [0.15, 0.2) is 66.9 Å². The Labute approximate surface area is 136 Å². The normalized spacial score (nSPS) is 11.3. The highest BCUT2D eigenvalue weighted by atomic mass is 15.2. The molecule has 2 nitrogen and oxygen atoms in total. The molecule has 0 saturated heterocycles. The zero-order valence-electron chi connectivity index (χ0n) is 13.4. The second-order valence-electron chi connectivity index (χ2n) is 5.97. The smallest absolute Gasteiger partial charge is 0.0750 e. The van der Waals surface area contributed by atoms with Crippen LogP contribution in [-0.2, 0) is 6.42 Å². The number of benzene rings is 2. The van der Waals surface area contributed by atoms with Crippen molar-refractivity contribution in [3.05, 3.63) is 72.4 Å². The average Bonchev–Trinajstić information content (AvgIpc) is 3.09. The Morgan fingerprint density at radius 3 is 2.48 bits per heavy atom. The fraction of sp³-hybridized carbons (Fsp3) is 0.190. The van der Waals surface area contributed by atoms with Crippen molar-refractivity contribution >= 4 is 16.4 Å². The molecule has 0 aliphatic heterocycles. The zero-order valence-corrected chi connectivity index (χ0v) is 13.4. The molecule has 2 aromatic heterocycles. The predicted octanol–water partition coefficient (Wildman–Crippen LogP) is 5.50. The van der Waals surface area contributed by atoms with Crippen LogP contribution >= 0.6 is 0 Å². The molecular formula is C21H20N2. The van der Waals surface area contributed by atoms with Gasteiger partial charge in [-0.3, -0.25) is 0 Å². The fourth-order valence-corrected chi connectivity index (χ4v) is 3.43. The van der Waals surface area contributed by atoms with Gasteiger partial charge in [-0.2, -0.15) is 5.10 Å². The molecular weight excluding hydrogens is 280 g/mol. The van der Waals surface area contributed by atoms with Crippen molar-refractivity contribution in [2.45, 2.75) is 26.2 Å². The number of fused-ring (bicyclic) bond motifs is 3. The first-order valence-electron chi connectivity index (χ1n) is 8.33. The highest BCUT2D eigenvalue weighted by Crippen LogP contribution is 2.35. The summed E-state index contributed by atoms with van der Waals surface area (Å²) in [4.78, 5) is 0. The summed E-state index contributed by atoms with van der Waals surface area (Å²) in [6.45, 7) is 2.25. The van der Waals surface area contributed by atoms with Crippen molar-refractivity contribution in [3.8, 4) is 11.1 Å². The summed E-state index contributed by atoms with van der Waals surface area (Å²) < 4.78 is 2.08. The van der Waals surface area contributed by atoms with Crippen molar-refractivity contribution in [1.82, 2.24) is 9.61 Å². The van der Waals surface area contributed by atoms with Crippen molar-refractivity contribution in [2.24, 2.45) is 0 Å². The van der Waals surface area contributed by atoms with Crippen LogP contribution in [0.2, 0.25) is 0 Å². The summed E-state index contributed by atoms with van der Waals surface area (Å²) in [5, 5.41) is 5.89. The summed E-state index contributed by atoms with van der Waals surface area (Å²) in [5.41, 5.74) is 6.44. The maximum Gasteiger partial charge on any atom is 0.0750 e. The summed E-state index contributed by atoms with van der Waals surface area (Å²) >= 11 is 0. The summed E-state index contributed by atoms with van der Waals surface area (Å²) in [5.74, 6) is 0. The average molecular weight is 300 g/mol. The Hall–Kier alpha value is -2.61. The Balaban J connectivity index is 2.13. The van der Waals surface area contributed by atoms with E-state index in [4.69, 9.17) is 0 Å². The van der Waals surface area contributed by atoms with Gasteiger partial charge in [0.05, 0.1) is 17.2 Å². The predicted molar refractivity (Wildman–Crippen MR) is 96.7 cm³/mol. The lowest BCUT2D eigenvalue weighted by Gasteiger charge is -2.16. The van der Waals surface area contributed by atoms with Crippen LogP contribution in [0.3, 0.4) is 0 Å². The minimum atomic E-state index is 1.10. The van der Waals surface area contributed by atoms with E-state index < -0.39 is 0 Å². The molecule has 2 aromatic carbocycles. The molecule has 0 radical (unpaired) electrons. The molecule has 2 heterocycles. The number of pyridine rings is 1. The first-order valence-corrected chi connectivity index (χ1v) is 8.33. The number of hydrogen-bond donors (Lipinski definition) is 0. The Bertz CT molecular complexity index is 952. The lowest BCUT2D eigenvalue weighted by Crippen LogP contribution is -2.00. The van der Waals surface area contributed by atoms with E-state index >= 15 is 0 Å². The monoisotopic (exact) mass is 300 g/mol. The molecule has 0 aliphatic carbocycles. The topological polar surface area (TPSA) is 17.3 Å². The molecule has 23 heavy (non-hydrogen) atoms. The second kappa shape index (κ2) is 5.88. The third-order valence-electron chi connectivity index (χ3n) is 4.50. The largest absolute Gasteiger partial charge is 0.232 e. The minimum absolute atomic E-state index is 1.10. The van der Waals surface area contributed by atoms with E-state index in [9.17, 15) is 0 Å². The lowest BCUT2D eigenvalue weighted by atomic mass is 9.92. The van der Waals surface area contributed by atoms with Gasteiger partial charge in [0, 0.05) is 10.9 Å². The maximum absolute atomic E-state index is 4.57. The zero-order chi connectivity index (χ0) is 15.6. The van der Waals surface area contributed by atoms with Crippen molar-refractivity contribution < 1.29 is 0 Å². The van der Waals surface area contributed by atoms with Crippen LogP contribution in [0.5, 0.6) is 0 Å². The van der Waals surface area contributed by atoms with Gasteiger partial charge in [-0.05, 0) is 36.1 Å². The molecule has 0 saturated carbocycles. The van der Waals surface area contributed by atoms with Gasteiger partial charge < -0.3 is 0 Å². The van der Waals surface area contributed by atoms with Crippen LogP contribution in [0, 0.1) is 0 Å². The first kappa shape index (κ1) is 14.0. The highest BCUT2D eigenvalue weighted by Gasteiger charge is 2.15. The summed E-state index contributed by atoms with van der Waals surface area (Å²) in [7, 11) is 0. The van der Waals surface area contributed by atoms with E-state index in [1.54, 1.807) is 0 Å². The van der Waals surface area contributed by atoms with Crippen molar-refractivity contribution in [3.63, 3.8) is 0 Å². The van der Waals surface area contributed by atoms with Gasteiger partial charge >= 0.3 is 0 Å². The van der Waals surface area contributed by atoms with Gasteiger partial charge in [0.2, 0.25) is 0 Å². The standard InChI is InChI=1S/C21H20N2/c1-2-3-11-18-17-12-7-8-13-19(17)23-20(14-15-22-23)21(18)16-9-5-4-6-10-16/h4-10,12-15H,2-3,11H2,1H3. The third-order valence-corrected chi connectivity index (χ3v) is 4.50. The van der Waals surface area contributed by atoms with Crippen LogP contribution in [0.1, 0.15) is 25.3 Å². The fourth-order valence-electron chi connectivity index (χ4n) is 3.43. The van der Waals surface area contributed by atoms with Gasteiger partial charge in [0.25, 0.3) is 0 Å². The molecule has 0 fully saturated rings. The summed E-state index contributed by atoms with van der Waals surface area (Å²) in [6, 6.07) is 21.4. The van der Waals surface area contributed by atoms with E-state index in [-0.39, 0.29) is 0 Å². The third kappa shape index (κ3) is 2.31.